The molecule has 6 nitrogen and oxygen atoms in total. The highest BCUT2D eigenvalue weighted by Crippen LogP contribution is 2.27. The molecule has 0 fully saturated rings. The lowest BCUT2D eigenvalue weighted by atomic mass is 9.95. The molecule has 0 aliphatic heterocycles. The predicted octanol–water partition coefficient (Wildman–Crippen LogP) is 5.77. The van der Waals surface area contributed by atoms with Crippen LogP contribution in [0.4, 0.5) is 5.69 Å². The smallest absolute Gasteiger partial charge is 0.336 e. The fourth-order valence-electron chi connectivity index (χ4n) is 3.83. The van der Waals surface area contributed by atoms with E-state index in [1.807, 2.05) is 99.6 Å². The molecule has 1 amide bonds. The molecule has 0 bridgehead atoms. The van der Waals surface area contributed by atoms with E-state index in [-0.39, 0.29) is 11.8 Å². The van der Waals surface area contributed by atoms with E-state index in [9.17, 15) is 4.79 Å². The molecule has 0 aliphatic carbocycles. The molecule has 0 aliphatic rings. The van der Waals surface area contributed by atoms with Crippen molar-refractivity contribution in [1.29, 1.82) is 0 Å². The maximum atomic E-state index is 12.9. The number of nitrogens with one attached hydrogen (secondary N) is 1. The van der Waals surface area contributed by atoms with Crippen molar-refractivity contribution in [2.45, 2.75) is 33.1 Å². The van der Waals surface area contributed by atoms with E-state index in [4.69, 9.17) is 4.74 Å². The number of anilines is 1. The minimum absolute atomic E-state index is 0.0172. The van der Waals surface area contributed by atoms with Gasteiger partial charge in [0, 0.05) is 11.3 Å². The quantitative estimate of drug-likeness (QED) is 0.377. The monoisotopic (exact) mass is 440 g/mol. The third kappa shape index (κ3) is 4.95. The molecule has 6 heteroatoms. The molecule has 1 N–H and O–H groups in total. The van der Waals surface area contributed by atoms with Gasteiger partial charge in [-0.2, -0.15) is 4.98 Å². The topological polar surface area (TPSA) is 69.0 Å². The van der Waals surface area contributed by atoms with Gasteiger partial charge in [-0.25, -0.2) is 4.68 Å². The number of carbonyl (C=O) groups is 1. The van der Waals surface area contributed by atoms with Gasteiger partial charge in [0.15, 0.2) is 5.82 Å². The molecule has 0 radical (unpaired) electrons. The van der Waals surface area contributed by atoms with Crippen LogP contribution in [0.25, 0.3) is 17.1 Å². The number of aromatic nitrogens is 3. The first-order valence-corrected chi connectivity index (χ1v) is 11.2. The third-order valence-electron chi connectivity index (χ3n) is 5.55. The number of hydrogen-bond donors (Lipinski definition) is 1. The number of rotatable bonds is 8. The number of ether oxygens (including phenoxy) is 1. The fraction of sp³-hybridized carbons (Fsp3) is 0.222. The summed E-state index contributed by atoms with van der Waals surface area (Å²) in [5.74, 6) is 0.502. The number of amides is 1. The van der Waals surface area contributed by atoms with Crippen LogP contribution in [0, 0.1) is 6.92 Å². The Labute approximate surface area is 194 Å². The van der Waals surface area contributed by atoms with Gasteiger partial charge in [-0.1, -0.05) is 61.5 Å². The van der Waals surface area contributed by atoms with Crippen LogP contribution in [-0.2, 0) is 4.79 Å². The van der Waals surface area contributed by atoms with Crippen molar-refractivity contribution in [3.05, 3.63) is 90.0 Å². The largest absolute Gasteiger partial charge is 0.463 e. The van der Waals surface area contributed by atoms with Crippen LogP contribution in [-0.4, -0.2) is 27.3 Å². The number of carbonyl (C=O) groups excluding carboxylic acids is 1. The molecule has 1 atom stereocenters. The molecule has 4 aromatic rings. The summed E-state index contributed by atoms with van der Waals surface area (Å²) < 4.78 is 7.34. The van der Waals surface area contributed by atoms with Crippen LogP contribution in [0.2, 0.25) is 0 Å². The Balaban J connectivity index is 1.59. The van der Waals surface area contributed by atoms with E-state index in [0.717, 1.165) is 34.5 Å². The summed E-state index contributed by atoms with van der Waals surface area (Å²) in [4.78, 5) is 17.5. The Kier molecular flexibility index (Phi) is 6.83. The molecule has 0 saturated heterocycles. The predicted molar refractivity (Wildman–Crippen MR) is 131 cm³/mol. The van der Waals surface area contributed by atoms with Gasteiger partial charge in [0.25, 0.3) is 0 Å². The lowest BCUT2D eigenvalue weighted by Gasteiger charge is -2.16. The highest BCUT2D eigenvalue weighted by Gasteiger charge is 2.19. The minimum atomic E-state index is -0.192. The fourth-order valence-corrected chi connectivity index (χ4v) is 3.83. The zero-order valence-electron chi connectivity index (χ0n) is 19.2. The van der Waals surface area contributed by atoms with Gasteiger partial charge < -0.3 is 10.1 Å². The van der Waals surface area contributed by atoms with Gasteiger partial charge in [-0.3, -0.25) is 4.79 Å². The second-order valence-electron chi connectivity index (χ2n) is 7.79. The van der Waals surface area contributed by atoms with Crippen molar-refractivity contribution in [3.8, 4) is 23.1 Å². The second-order valence-corrected chi connectivity index (χ2v) is 7.79. The Bertz CT molecular complexity index is 1220. The molecule has 33 heavy (non-hydrogen) atoms. The van der Waals surface area contributed by atoms with E-state index < -0.39 is 0 Å². The minimum Gasteiger partial charge on any atom is -0.463 e. The molecule has 1 heterocycles. The molecular weight excluding hydrogens is 412 g/mol. The van der Waals surface area contributed by atoms with Gasteiger partial charge in [0.2, 0.25) is 5.91 Å². The summed E-state index contributed by atoms with van der Waals surface area (Å²) in [7, 11) is 0. The van der Waals surface area contributed by atoms with Gasteiger partial charge in [-0.05, 0) is 55.7 Å². The number of hydrogen-bond acceptors (Lipinski definition) is 4. The van der Waals surface area contributed by atoms with E-state index in [1.165, 1.54) is 0 Å². The van der Waals surface area contributed by atoms with E-state index in [1.54, 1.807) is 4.68 Å². The highest BCUT2D eigenvalue weighted by atomic mass is 16.5. The van der Waals surface area contributed by atoms with E-state index in [2.05, 4.69) is 15.4 Å². The van der Waals surface area contributed by atoms with Gasteiger partial charge >= 0.3 is 6.01 Å². The van der Waals surface area contributed by atoms with E-state index in [0.29, 0.717) is 18.4 Å². The van der Waals surface area contributed by atoms with Crippen LogP contribution < -0.4 is 10.1 Å². The summed E-state index contributed by atoms with van der Waals surface area (Å²) in [5, 5.41) is 7.60. The Hall–Kier alpha value is -3.93. The van der Waals surface area contributed by atoms with Crippen molar-refractivity contribution < 1.29 is 9.53 Å². The molecule has 1 unspecified atom stereocenters. The number of benzene rings is 3. The lowest BCUT2D eigenvalue weighted by Crippen LogP contribution is -2.20. The second kappa shape index (κ2) is 10.1. The van der Waals surface area contributed by atoms with Crippen molar-refractivity contribution in [3.63, 3.8) is 0 Å². The standard InChI is InChI=1S/C27H28N4O2/c1-4-23(20-12-7-6-8-13-20)26(32)28-21-15-17-22(18-16-21)31-25(29-27(30-31)33-5-2)24-14-10-9-11-19(24)3/h6-18,23H,4-5H2,1-3H3,(H,28,32). The summed E-state index contributed by atoms with van der Waals surface area (Å²) in [5.41, 5.74) is 4.68. The summed E-state index contributed by atoms with van der Waals surface area (Å²) in [6.45, 7) is 6.46. The normalized spacial score (nSPS) is 11.7. The van der Waals surface area contributed by atoms with Crippen molar-refractivity contribution >= 4 is 11.6 Å². The average molecular weight is 441 g/mol. The Morgan fingerprint density at radius 1 is 0.970 bits per heavy atom. The highest BCUT2D eigenvalue weighted by molar-refractivity contribution is 5.95. The van der Waals surface area contributed by atoms with Crippen LogP contribution in [0.3, 0.4) is 0 Å². The Morgan fingerprint density at radius 2 is 1.67 bits per heavy atom. The first-order valence-electron chi connectivity index (χ1n) is 11.2. The average Bonchev–Trinajstić information content (AvgIpc) is 3.25. The van der Waals surface area contributed by atoms with Crippen molar-refractivity contribution in [2.75, 3.05) is 11.9 Å². The number of aryl methyl sites for hydroxylation is 1. The maximum absolute atomic E-state index is 12.9. The molecule has 4 rings (SSSR count). The van der Waals surface area contributed by atoms with Crippen LogP contribution in [0.1, 0.15) is 37.3 Å². The molecule has 0 spiro atoms. The van der Waals surface area contributed by atoms with Crippen molar-refractivity contribution in [2.24, 2.45) is 0 Å². The maximum Gasteiger partial charge on any atom is 0.336 e. The summed E-state index contributed by atoms with van der Waals surface area (Å²) in [6.07, 6.45) is 0.729. The first kappa shape index (κ1) is 22.3. The molecular formula is C27H28N4O2. The lowest BCUT2D eigenvalue weighted by molar-refractivity contribution is -0.117. The first-order chi connectivity index (χ1) is 16.1. The SMILES string of the molecule is CCOc1nc(-c2ccccc2C)n(-c2ccc(NC(=O)C(CC)c3ccccc3)cc2)n1. The zero-order chi connectivity index (χ0) is 23.2. The number of nitrogens with zero attached hydrogens (tertiary/aromatic N) is 3. The third-order valence-corrected chi connectivity index (χ3v) is 5.55. The molecule has 3 aromatic carbocycles. The molecule has 168 valence electrons. The Morgan fingerprint density at radius 3 is 2.33 bits per heavy atom. The van der Waals surface area contributed by atoms with Gasteiger partial charge in [0.05, 0.1) is 18.2 Å². The van der Waals surface area contributed by atoms with E-state index >= 15 is 0 Å². The van der Waals surface area contributed by atoms with Crippen LogP contribution >= 0.6 is 0 Å². The summed E-state index contributed by atoms with van der Waals surface area (Å²) in [6, 6.07) is 25.9. The summed E-state index contributed by atoms with van der Waals surface area (Å²) >= 11 is 0. The van der Waals surface area contributed by atoms with Gasteiger partial charge in [-0.15, -0.1) is 5.10 Å². The van der Waals surface area contributed by atoms with Crippen LogP contribution in [0.5, 0.6) is 6.01 Å². The zero-order valence-corrected chi connectivity index (χ0v) is 19.2. The molecule has 0 saturated carbocycles. The van der Waals surface area contributed by atoms with Crippen LogP contribution in [0.15, 0.2) is 78.9 Å². The molecule has 1 aromatic heterocycles. The van der Waals surface area contributed by atoms with Crippen molar-refractivity contribution in [1.82, 2.24) is 14.8 Å². The van der Waals surface area contributed by atoms with Gasteiger partial charge in [0.1, 0.15) is 0 Å².